The molecule has 1 unspecified atom stereocenters. The summed E-state index contributed by atoms with van der Waals surface area (Å²) in [4.78, 5) is 18.0. The summed E-state index contributed by atoms with van der Waals surface area (Å²) in [7, 11) is 0. The Kier molecular flexibility index (Phi) is 6.35. The Bertz CT molecular complexity index is 820. The van der Waals surface area contributed by atoms with Gasteiger partial charge in [0.25, 0.3) is 0 Å². The van der Waals surface area contributed by atoms with E-state index in [2.05, 4.69) is 15.0 Å². The Morgan fingerprint density at radius 3 is 2.81 bits per heavy atom. The van der Waals surface area contributed by atoms with Crippen LogP contribution in [0.25, 0.3) is 11.3 Å². The third-order valence-electron chi connectivity index (χ3n) is 5.00. The van der Waals surface area contributed by atoms with Crippen LogP contribution in [0, 0.1) is 0 Å². The zero-order valence-corrected chi connectivity index (χ0v) is 15.4. The van der Waals surface area contributed by atoms with Gasteiger partial charge in [0.15, 0.2) is 0 Å². The number of ether oxygens (including phenoxy) is 1. The number of β-amino-alcohol motifs (C(OH)–C–C–N with tert-alkyl or cyclic N) is 1. The van der Waals surface area contributed by atoms with Gasteiger partial charge in [-0.3, -0.25) is 14.6 Å². The van der Waals surface area contributed by atoms with Crippen molar-refractivity contribution >= 4 is 5.97 Å². The number of carboxylic acid groups (broad SMARTS) is 1. The number of aliphatic hydroxyl groups is 1. The number of aryl methyl sites for hydroxylation is 1. The van der Waals surface area contributed by atoms with Crippen molar-refractivity contribution in [2.24, 2.45) is 0 Å². The smallest absolute Gasteiger partial charge is 0.543 e. The third kappa shape index (κ3) is 4.10. The van der Waals surface area contributed by atoms with E-state index in [0.29, 0.717) is 37.4 Å². The molecule has 0 aromatic carbocycles. The van der Waals surface area contributed by atoms with Crippen molar-refractivity contribution in [1.29, 1.82) is 0 Å². The molecule has 1 atom stereocenters. The first-order valence-electron chi connectivity index (χ1n) is 8.86. The van der Waals surface area contributed by atoms with E-state index >= 15 is 0 Å². The number of aliphatic hydroxyl groups excluding tert-OH is 1. The summed E-state index contributed by atoms with van der Waals surface area (Å²) in [6.45, 7) is 3.41. The largest absolute Gasteiger partial charge is 1.00 e. The molecule has 4 rings (SSSR count). The Labute approximate surface area is 169 Å². The van der Waals surface area contributed by atoms with Crippen LogP contribution in [0.2, 0.25) is 0 Å². The molecule has 0 saturated carbocycles. The third-order valence-corrected chi connectivity index (χ3v) is 5.00. The van der Waals surface area contributed by atoms with Gasteiger partial charge in [-0.2, -0.15) is 5.10 Å². The molecule has 1 aliphatic heterocycles. The van der Waals surface area contributed by atoms with Crippen molar-refractivity contribution in [3.05, 3.63) is 35.3 Å². The van der Waals surface area contributed by atoms with E-state index < -0.39 is 12.1 Å². The number of hydrogen-bond acceptors (Lipinski definition) is 7. The second-order valence-corrected chi connectivity index (χ2v) is 6.74. The molecule has 0 radical (unpaired) electrons. The van der Waals surface area contributed by atoms with Gasteiger partial charge in [-0.1, -0.05) is 0 Å². The zero-order chi connectivity index (χ0) is 18.1. The van der Waals surface area contributed by atoms with Gasteiger partial charge in [0, 0.05) is 43.2 Å². The van der Waals surface area contributed by atoms with E-state index in [-0.39, 0.29) is 31.1 Å². The molecule has 9 heteroatoms. The number of carbonyl (C=O) groups excluding carboxylic acids is 1. The minimum atomic E-state index is -1.25. The number of morpholine rings is 1. The Balaban J connectivity index is 0.00000210. The predicted molar refractivity (Wildman–Crippen MR) is 90.5 cm³/mol. The maximum atomic E-state index is 11.7. The molecule has 1 fully saturated rings. The average Bonchev–Trinajstić information content (AvgIpc) is 3.01. The second-order valence-electron chi connectivity index (χ2n) is 6.74. The van der Waals surface area contributed by atoms with Crippen molar-refractivity contribution in [2.75, 3.05) is 32.8 Å². The second kappa shape index (κ2) is 8.55. The fourth-order valence-corrected chi connectivity index (χ4v) is 3.77. The van der Waals surface area contributed by atoms with E-state index in [4.69, 9.17) is 4.74 Å². The summed E-state index contributed by atoms with van der Waals surface area (Å²) in [5, 5.41) is 26.7. The number of nitrogens with zero attached hydrogens (tertiary/aromatic N) is 4. The number of fused-ring (bicyclic) bond motifs is 3. The summed E-state index contributed by atoms with van der Waals surface area (Å²) in [5.74, 6) is -1.25. The number of carboxylic acids is 1. The number of aromatic carboxylic acids is 1. The molecule has 0 amide bonds. The van der Waals surface area contributed by atoms with Crippen molar-refractivity contribution in [1.82, 2.24) is 19.7 Å². The minimum Gasteiger partial charge on any atom is -0.543 e. The van der Waals surface area contributed by atoms with Crippen LogP contribution in [0.3, 0.4) is 0 Å². The summed E-state index contributed by atoms with van der Waals surface area (Å²) in [6.07, 6.45) is 4.06. The minimum absolute atomic E-state index is 0. The summed E-state index contributed by atoms with van der Waals surface area (Å²) in [5.41, 5.74) is 3.38. The van der Waals surface area contributed by atoms with Gasteiger partial charge in [-0.05, 0) is 24.5 Å². The SMILES string of the molecule is O=C([O-])c1c2c(nn1CC(O)CN1CCOCC1)-c1ccncc1CC2.[Li+]. The number of aromatic nitrogens is 3. The van der Waals surface area contributed by atoms with Crippen molar-refractivity contribution in [3.8, 4) is 11.3 Å². The molecule has 2 aromatic rings. The Morgan fingerprint density at radius 1 is 1.30 bits per heavy atom. The number of hydrogen-bond donors (Lipinski definition) is 1. The normalized spacial score (nSPS) is 17.5. The summed E-state index contributed by atoms with van der Waals surface area (Å²) in [6, 6.07) is 1.86. The van der Waals surface area contributed by atoms with Gasteiger partial charge < -0.3 is 19.7 Å². The van der Waals surface area contributed by atoms with Crippen LogP contribution in [0.4, 0.5) is 0 Å². The number of carbonyl (C=O) groups is 1. The van der Waals surface area contributed by atoms with Crippen LogP contribution in [0.5, 0.6) is 0 Å². The Morgan fingerprint density at radius 2 is 2.07 bits per heavy atom. The molecule has 0 spiro atoms. The first-order valence-corrected chi connectivity index (χ1v) is 8.86. The van der Waals surface area contributed by atoms with Crippen LogP contribution in [-0.2, 0) is 24.1 Å². The summed E-state index contributed by atoms with van der Waals surface area (Å²) < 4.78 is 6.70. The molecule has 2 aromatic heterocycles. The first kappa shape index (κ1) is 20.1. The van der Waals surface area contributed by atoms with Gasteiger partial charge in [-0.15, -0.1) is 0 Å². The quantitative estimate of drug-likeness (QED) is 0.541. The predicted octanol–water partition coefficient (Wildman–Crippen LogP) is -3.90. The molecular formula is C18H21LiN4O4. The number of rotatable bonds is 5. The molecule has 8 nitrogen and oxygen atoms in total. The van der Waals surface area contributed by atoms with Crippen LogP contribution >= 0.6 is 0 Å². The van der Waals surface area contributed by atoms with Crippen molar-refractivity contribution in [2.45, 2.75) is 25.5 Å². The molecule has 2 aliphatic rings. The van der Waals surface area contributed by atoms with E-state index in [1.54, 1.807) is 12.4 Å². The molecule has 0 bridgehead atoms. The van der Waals surface area contributed by atoms with Gasteiger partial charge in [0.05, 0.1) is 43.2 Å². The molecule has 1 saturated heterocycles. The van der Waals surface area contributed by atoms with E-state index in [1.807, 2.05) is 6.07 Å². The van der Waals surface area contributed by atoms with E-state index in [9.17, 15) is 15.0 Å². The maximum absolute atomic E-state index is 11.7. The van der Waals surface area contributed by atoms with Crippen LogP contribution in [0.1, 0.15) is 21.6 Å². The summed E-state index contributed by atoms with van der Waals surface area (Å²) >= 11 is 0. The van der Waals surface area contributed by atoms with Gasteiger partial charge >= 0.3 is 18.9 Å². The van der Waals surface area contributed by atoms with Crippen molar-refractivity contribution < 1.29 is 38.6 Å². The van der Waals surface area contributed by atoms with Gasteiger partial charge in [0.1, 0.15) is 0 Å². The average molecular weight is 364 g/mol. The zero-order valence-electron chi connectivity index (χ0n) is 15.4. The Hall–Kier alpha value is -1.69. The topological polar surface area (TPSA) is 104 Å². The standard InChI is InChI=1S/C18H22N4O4.Li/c23-13(10-21-5-7-26-8-6-21)11-22-17(18(24)25)15-2-1-12-9-19-4-3-14(12)16(15)20-22;/h3-4,9,13,23H,1-2,5-8,10-11H2,(H,24,25);/q;+1/p-1. The van der Waals surface area contributed by atoms with Crippen LogP contribution < -0.4 is 24.0 Å². The molecule has 1 N–H and O–H groups in total. The van der Waals surface area contributed by atoms with Crippen molar-refractivity contribution in [3.63, 3.8) is 0 Å². The van der Waals surface area contributed by atoms with E-state index in [0.717, 1.165) is 30.6 Å². The fraction of sp³-hybridized carbons (Fsp3) is 0.500. The fourth-order valence-electron chi connectivity index (χ4n) is 3.77. The molecule has 3 heterocycles. The van der Waals surface area contributed by atoms with Crippen LogP contribution in [0.15, 0.2) is 18.5 Å². The first-order chi connectivity index (χ1) is 12.6. The van der Waals surface area contributed by atoms with Gasteiger partial charge in [0.2, 0.25) is 0 Å². The molecular weight excluding hydrogens is 343 g/mol. The maximum Gasteiger partial charge on any atom is 1.00 e. The van der Waals surface area contributed by atoms with Crippen LogP contribution in [-0.4, -0.2) is 69.7 Å². The monoisotopic (exact) mass is 364 g/mol. The number of pyridine rings is 1. The molecule has 138 valence electrons. The van der Waals surface area contributed by atoms with E-state index in [1.165, 1.54) is 4.68 Å². The molecule has 27 heavy (non-hydrogen) atoms. The van der Waals surface area contributed by atoms with Gasteiger partial charge in [-0.25, -0.2) is 0 Å². The molecule has 1 aliphatic carbocycles.